The van der Waals surface area contributed by atoms with Crippen LogP contribution >= 0.6 is 11.6 Å². The Hall–Kier alpha value is -2.33. The summed E-state index contributed by atoms with van der Waals surface area (Å²) in [6.45, 7) is 1.82. The molecular formula is C19H20ClNO3. The fraction of sp³-hybridized carbons (Fsp3) is 0.263. The number of rotatable bonds is 7. The van der Waals surface area contributed by atoms with E-state index in [0.717, 1.165) is 19.3 Å². The Labute approximate surface area is 146 Å². The van der Waals surface area contributed by atoms with Crippen molar-refractivity contribution in [1.82, 2.24) is 0 Å². The van der Waals surface area contributed by atoms with E-state index in [1.807, 2.05) is 24.3 Å². The molecule has 5 heteroatoms. The van der Waals surface area contributed by atoms with Gasteiger partial charge in [0, 0.05) is 10.7 Å². The Bertz CT molecular complexity index is 681. The predicted molar refractivity (Wildman–Crippen MR) is 95.4 cm³/mol. The molecule has 0 spiro atoms. The number of halogens is 1. The average Bonchev–Trinajstić information content (AvgIpc) is 2.59. The molecule has 0 atom stereocenters. The second-order valence-electron chi connectivity index (χ2n) is 5.43. The number of carbonyl (C=O) groups excluding carboxylic acids is 2. The van der Waals surface area contributed by atoms with E-state index >= 15 is 0 Å². The van der Waals surface area contributed by atoms with Gasteiger partial charge >= 0.3 is 5.97 Å². The Kier molecular flexibility index (Phi) is 6.82. The van der Waals surface area contributed by atoms with Crippen molar-refractivity contribution < 1.29 is 14.3 Å². The van der Waals surface area contributed by atoms with Crippen LogP contribution in [0.3, 0.4) is 0 Å². The highest BCUT2D eigenvalue weighted by Crippen LogP contribution is 2.12. The van der Waals surface area contributed by atoms with Crippen LogP contribution in [0.5, 0.6) is 0 Å². The van der Waals surface area contributed by atoms with Crippen LogP contribution in [0.2, 0.25) is 5.02 Å². The van der Waals surface area contributed by atoms with Crippen molar-refractivity contribution in [2.75, 3.05) is 11.9 Å². The van der Waals surface area contributed by atoms with Crippen LogP contribution in [-0.2, 0) is 16.0 Å². The molecule has 0 heterocycles. The van der Waals surface area contributed by atoms with Crippen LogP contribution in [-0.4, -0.2) is 18.5 Å². The van der Waals surface area contributed by atoms with Crippen LogP contribution in [0.4, 0.5) is 5.69 Å². The second kappa shape index (κ2) is 9.08. The first-order chi connectivity index (χ1) is 11.6. The summed E-state index contributed by atoms with van der Waals surface area (Å²) in [5.74, 6) is -0.935. The Morgan fingerprint density at radius 2 is 1.71 bits per heavy atom. The quantitative estimate of drug-likeness (QED) is 0.753. The zero-order chi connectivity index (χ0) is 17.4. The number of aryl methyl sites for hydroxylation is 1. The highest BCUT2D eigenvalue weighted by atomic mass is 35.5. The van der Waals surface area contributed by atoms with E-state index < -0.39 is 5.97 Å². The summed E-state index contributed by atoms with van der Waals surface area (Å²) >= 11 is 5.76. The standard InChI is InChI=1S/C19H20ClNO3/c1-2-3-4-14-5-11-17(12-6-14)21-18(22)13-24-19(23)15-7-9-16(20)10-8-15/h5-12H,2-4,13H2,1H3,(H,21,22). The van der Waals surface area contributed by atoms with Crippen molar-refractivity contribution in [2.24, 2.45) is 0 Å². The smallest absolute Gasteiger partial charge is 0.338 e. The summed E-state index contributed by atoms with van der Waals surface area (Å²) in [7, 11) is 0. The van der Waals surface area contributed by atoms with Gasteiger partial charge < -0.3 is 10.1 Å². The molecule has 0 bridgehead atoms. The molecule has 0 aliphatic carbocycles. The molecular weight excluding hydrogens is 326 g/mol. The number of ether oxygens (including phenoxy) is 1. The highest BCUT2D eigenvalue weighted by Gasteiger charge is 2.10. The van der Waals surface area contributed by atoms with Crippen LogP contribution in [0.25, 0.3) is 0 Å². The maximum absolute atomic E-state index is 11.8. The van der Waals surface area contributed by atoms with E-state index in [0.29, 0.717) is 16.3 Å². The molecule has 0 saturated carbocycles. The summed E-state index contributed by atoms with van der Waals surface area (Å²) in [6, 6.07) is 14.0. The molecule has 1 amide bonds. The zero-order valence-corrected chi connectivity index (χ0v) is 14.3. The number of benzene rings is 2. The van der Waals surface area contributed by atoms with Gasteiger partial charge in [0.15, 0.2) is 6.61 Å². The normalized spacial score (nSPS) is 10.2. The van der Waals surface area contributed by atoms with Crippen molar-refractivity contribution in [3.8, 4) is 0 Å². The third-order valence-corrected chi connectivity index (χ3v) is 3.72. The molecule has 0 aliphatic rings. The highest BCUT2D eigenvalue weighted by molar-refractivity contribution is 6.30. The SMILES string of the molecule is CCCCc1ccc(NC(=O)COC(=O)c2ccc(Cl)cc2)cc1. The average molecular weight is 346 g/mol. The lowest BCUT2D eigenvalue weighted by molar-refractivity contribution is -0.119. The van der Waals surface area contributed by atoms with Crippen LogP contribution in [0.15, 0.2) is 48.5 Å². The van der Waals surface area contributed by atoms with Gasteiger partial charge in [-0.15, -0.1) is 0 Å². The molecule has 2 aromatic rings. The summed E-state index contributed by atoms with van der Waals surface area (Å²) in [5.41, 5.74) is 2.28. The van der Waals surface area contributed by atoms with E-state index in [4.69, 9.17) is 16.3 Å². The molecule has 2 rings (SSSR count). The number of nitrogens with one attached hydrogen (secondary N) is 1. The van der Waals surface area contributed by atoms with Crippen molar-refractivity contribution in [2.45, 2.75) is 26.2 Å². The molecule has 2 aromatic carbocycles. The van der Waals surface area contributed by atoms with Crippen LogP contribution in [0.1, 0.15) is 35.7 Å². The molecule has 0 radical (unpaired) electrons. The first-order valence-electron chi connectivity index (χ1n) is 7.90. The molecule has 0 aliphatic heterocycles. The second-order valence-corrected chi connectivity index (χ2v) is 5.87. The Morgan fingerprint density at radius 1 is 1.04 bits per heavy atom. The first kappa shape index (κ1) is 18.0. The summed E-state index contributed by atoms with van der Waals surface area (Å²) in [4.78, 5) is 23.7. The number of esters is 1. The van der Waals surface area contributed by atoms with Crippen molar-refractivity contribution >= 4 is 29.2 Å². The van der Waals surface area contributed by atoms with Gasteiger partial charge in [-0.1, -0.05) is 37.1 Å². The van der Waals surface area contributed by atoms with E-state index in [1.165, 1.54) is 5.56 Å². The van der Waals surface area contributed by atoms with Gasteiger partial charge in [0.05, 0.1) is 5.56 Å². The number of anilines is 1. The lowest BCUT2D eigenvalue weighted by Crippen LogP contribution is -2.20. The zero-order valence-electron chi connectivity index (χ0n) is 13.5. The van der Waals surface area contributed by atoms with Crippen LogP contribution < -0.4 is 5.32 Å². The van der Waals surface area contributed by atoms with Gasteiger partial charge in [-0.2, -0.15) is 0 Å². The molecule has 0 fully saturated rings. The third kappa shape index (κ3) is 5.70. The number of hydrogen-bond acceptors (Lipinski definition) is 3. The molecule has 24 heavy (non-hydrogen) atoms. The Morgan fingerprint density at radius 3 is 2.33 bits per heavy atom. The maximum atomic E-state index is 11.8. The summed E-state index contributed by atoms with van der Waals surface area (Å²) in [5, 5.41) is 3.24. The van der Waals surface area contributed by atoms with Crippen LogP contribution in [0, 0.1) is 0 Å². The van der Waals surface area contributed by atoms with Gasteiger partial charge in [0.1, 0.15) is 0 Å². The van der Waals surface area contributed by atoms with Gasteiger partial charge in [-0.3, -0.25) is 4.79 Å². The van der Waals surface area contributed by atoms with E-state index in [1.54, 1.807) is 24.3 Å². The lowest BCUT2D eigenvalue weighted by atomic mass is 10.1. The van der Waals surface area contributed by atoms with Gasteiger partial charge in [0.2, 0.25) is 0 Å². The fourth-order valence-corrected chi connectivity index (χ4v) is 2.26. The van der Waals surface area contributed by atoms with Gasteiger partial charge in [-0.25, -0.2) is 4.79 Å². The monoisotopic (exact) mass is 345 g/mol. The summed E-state index contributed by atoms with van der Waals surface area (Å²) in [6.07, 6.45) is 3.33. The molecule has 0 saturated heterocycles. The van der Waals surface area contributed by atoms with Crippen molar-refractivity contribution in [3.05, 3.63) is 64.7 Å². The van der Waals surface area contributed by atoms with Crippen molar-refractivity contribution in [1.29, 1.82) is 0 Å². The fourth-order valence-electron chi connectivity index (χ4n) is 2.13. The van der Waals surface area contributed by atoms with Gasteiger partial charge in [0.25, 0.3) is 5.91 Å². The molecule has 126 valence electrons. The minimum Gasteiger partial charge on any atom is -0.452 e. The number of hydrogen-bond donors (Lipinski definition) is 1. The number of unbranched alkanes of at least 4 members (excludes halogenated alkanes) is 1. The predicted octanol–water partition coefficient (Wildman–Crippen LogP) is 4.48. The third-order valence-electron chi connectivity index (χ3n) is 3.47. The van der Waals surface area contributed by atoms with Crippen molar-refractivity contribution in [3.63, 3.8) is 0 Å². The first-order valence-corrected chi connectivity index (χ1v) is 8.27. The topological polar surface area (TPSA) is 55.4 Å². The number of amides is 1. The molecule has 4 nitrogen and oxygen atoms in total. The molecule has 0 unspecified atom stereocenters. The lowest BCUT2D eigenvalue weighted by Gasteiger charge is -2.07. The largest absolute Gasteiger partial charge is 0.452 e. The minimum atomic E-state index is -0.559. The summed E-state index contributed by atoms with van der Waals surface area (Å²) < 4.78 is 4.98. The minimum absolute atomic E-state index is 0.334. The maximum Gasteiger partial charge on any atom is 0.338 e. The Balaban J connectivity index is 1.80. The van der Waals surface area contributed by atoms with Gasteiger partial charge in [-0.05, 0) is 54.8 Å². The molecule has 0 aromatic heterocycles. The van der Waals surface area contributed by atoms with E-state index in [-0.39, 0.29) is 12.5 Å². The van der Waals surface area contributed by atoms with E-state index in [9.17, 15) is 9.59 Å². The molecule has 1 N–H and O–H groups in total. The van der Waals surface area contributed by atoms with E-state index in [2.05, 4.69) is 12.2 Å². The number of carbonyl (C=O) groups is 2.